The summed E-state index contributed by atoms with van der Waals surface area (Å²) in [6.45, 7) is 1.74. The van der Waals surface area contributed by atoms with Gasteiger partial charge in [-0.05, 0) is 48.0 Å². The van der Waals surface area contributed by atoms with Gasteiger partial charge in [0.15, 0.2) is 0 Å². The first-order chi connectivity index (χ1) is 15.9. The maximum absolute atomic E-state index is 13.3. The number of carbonyl (C=O) groups is 2. The number of rotatable bonds is 4. The zero-order valence-electron chi connectivity index (χ0n) is 17.7. The van der Waals surface area contributed by atoms with Gasteiger partial charge in [-0.1, -0.05) is 37.3 Å². The molecule has 1 aliphatic rings. The van der Waals surface area contributed by atoms with E-state index in [9.17, 15) is 19.1 Å². The molecule has 1 fully saturated rings. The summed E-state index contributed by atoms with van der Waals surface area (Å²) < 4.78 is 15.0. The van der Waals surface area contributed by atoms with Crippen LogP contribution in [0.15, 0.2) is 79.0 Å². The highest BCUT2D eigenvalue weighted by Gasteiger charge is 2.47. The van der Waals surface area contributed by atoms with E-state index in [1.54, 1.807) is 34.8 Å². The van der Waals surface area contributed by atoms with E-state index < -0.39 is 24.1 Å². The van der Waals surface area contributed by atoms with Gasteiger partial charge in [0.1, 0.15) is 5.82 Å². The number of nitrogens with one attached hydrogen (secondary N) is 1. The van der Waals surface area contributed by atoms with E-state index in [-0.39, 0.29) is 11.7 Å². The maximum atomic E-state index is 13.3. The molecule has 0 unspecified atom stereocenters. The minimum absolute atomic E-state index is 0.159. The number of fused-ring (bicyclic) bond motifs is 1. The molecule has 1 aliphatic heterocycles. The van der Waals surface area contributed by atoms with Crippen LogP contribution in [-0.2, 0) is 4.79 Å². The summed E-state index contributed by atoms with van der Waals surface area (Å²) in [6, 6.07) is 19.9. The highest BCUT2D eigenvalue weighted by molar-refractivity contribution is 6.01. The Morgan fingerprint density at radius 2 is 1.73 bits per heavy atom. The Bertz CT molecular complexity index is 1340. The first-order valence-corrected chi connectivity index (χ1v) is 10.6. The van der Waals surface area contributed by atoms with Crippen molar-refractivity contribution in [2.24, 2.45) is 5.92 Å². The first kappa shape index (κ1) is 20.7. The second-order valence-electron chi connectivity index (χ2n) is 8.10. The molecular weight excluding hydrogens is 423 g/mol. The summed E-state index contributed by atoms with van der Waals surface area (Å²) >= 11 is 0. The summed E-state index contributed by atoms with van der Waals surface area (Å²) in [5.41, 5.74) is 3.03. The number of benzene rings is 3. The number of carboxylic acid groups (broad SMARTS) is 1. The fourth-order valence-corrected chi connectivity index (χ4v) is 4.54. The number of amides is 2. The number of anilines is 1. The van der Waals surface area contributed by atoms with E-state index in [1.165, 1.54) is 12.1 Å². The molecule has 3 aromatic carbocycles. The molecule has 8 heteroatoms. The van der Waals surface area contributed by atoms with Crippen LogP contribution in [0.4, 0.5) is 14.9 Å². The number of nitrogens with zero attached hydrogens (tertiary/aromatic N) is 3. The molecule has 4 aromatic rings. The topological polar surface area (TPSA) is 87.5 Å². The fourth-order valence-electron chi connectivity index (χ4n) is 4.54. The van der Waals surface area contributed by atoms with E-state index in [2.05, 4.69) is 10.4 Å². The fraction of sp³-hybridized carbons (Fsp3) is 0.160. The minimum atomic E-state index is -1.17. The van der Waals surface area contributed by atoms with Gasteiger partial charge in [-0.2, -0.15) is 5.10 Å². The predicted octanol–water partition coefficient (Wildman–Crippen LogP) is 4.52. The smallest absolute Gasteiger partial charge is 0.404 e. The first-order valence-electron chi connectivity index (χ1n) is 10.6. The summed E-state index contributed by atoms with van der Waals surface area (Å²) in [5, 5.41) is 17.2. The molecule has 166 valence electrons. The second-order valence-corrected chi connectivity index (χ2v) is 8.10. The summed E-state index contributed by atoms with van der Waals surface area (Å²) in [6.07, 6.45) is 0.523. The second kappa shape index (κ2) is 8.05. The van der Waals surface area contributed by atoms with Crippen molar-refractivity contribution in [3.63, 3.8) is 0 Å². The molecule has 7 nitrogen and oxygen atoms in total. The third kappa shape index (κ3) is 3.59. The van der Waals surface area contributed by atoms with Crippen LogP contribution in [-0.4, -0.2) is 32.9 Å². The van der Waals surface area contributed by atoms with Gasteiger partial charge < -0.3 is 15.3 Å². The third-order valence-corrected chi connectivity index (χ3v) is 6.12. The number of carbonyl (C=O) groups excluding carboxylic acids is 1. The van der Waals surface area contributed by atoms with Crippen LogP contribution < -0.4 is 10.2 Å². The standard InChI is InChI=1S/C25H21FN4O3/c1-15-22(28-25(32)33)23(16-5-3-2-4-6-16)29(24(15)31)20-11-12-21-17(13-20)14-27-30(21)19-9-7-18(26)8-10-19/h2-15,22-23,28H,1H3,(H,32,33)/t15-,22-,23+/m0/s1. The third-order valence-electron chi connectivity index (χ3n) is 6.12. The Hall–Kier alpha value is -4.20. The number of aromatic nitrogens is 2. The molecule has 3 atom stereocenters. The van der Waals surface area contributed by atoms with Crippen molar-refractivity contribution in [1.29, 1.82) is 0 Å². The van der Waals surface area contributed by atoms with E-state index in [1.807, 2.05) is 48.5 Å². The predicted molar refractivity (Wildman–Crippen MR) is 122 cm³/mol. The lowest BCUT2D eigenvalue weighted by atomic mass is 9.94. The Balaban J connectivity index is 1.58. The van der Waals surface area contributed by atoms with Gasteiger partial charge in [0.05, 0.1) is 35.4 Å². The molecule has 0 aliphatic carbocycles. The van der Waals surface area contributed by atoms with Crippen molar-refractivity contribution in [2.75, 3.05) is 4.90 Å². The van der Waals surface area contributed by atoms with Gasteiger partial charge in [0.25, 0.3) is 0 Å². The normalized spacial score (nSPS) is 20.4. The highest BCUT2D eigenvalue weighted by Crippen LogP contribution is 2.41. The van der Waals surface area contributed by atoms with E-state index >= 15 is 0 Å². The lowest BCUT2D eigenvalue weighted by Crippen LogP contribution is -2.41. The van der Waals surface area contributed by atoms with Crippen molar-refractivity contribution >= 4 is 28.6 Å². The van der Waals surface area contributed by atoms with Crippen LogP contribution in [0.5, 0.6) is 0 Å². The van der Waals surface area contributed by atoms with E-state index in [0.29, 0.717) is 5.69 Å². The van der Waals surface area contributed by atoms with Crippen molar-refractivity contribution in [2.45, 2.75) is 19.0 Å². The SMILES string of the molecule is C[C@@H]1C(=O)N(c2ccc3c(cnn3-c3ccc(F)cc3)c2)[C@H](c2ccccc2)[C@H]1NC(=O)O. The zero-order chi connectivity index (χ0) is 23.1. The molecule has 0 spiro atoms. The average molecular weight is 444 g/mol. The molecule has 0 radical (unpaired) electrons. The van der Waals surface area contributed by atoms with E-state index in [4.69, 9.17) is 0 Å². The van der Waals surface area contributed by atoms with Gasteiger partial charge in [-0.25, -0.2) is 13.9 Å². The molecule has 1 saturated heterocycles. The maximum Gasteiger partial charge on any atom is 0.404 e. The van der Waals surface area contributed by atoms with Crippen LogP contribution >= 0.6 is 0 Å². The van der Waals surface area contributed by atoms with Crippen molar-refractivity contribution < 1.29 is 19.1 Å². The summed E-state index contributed by atoms with van der Waals surface area (Å²) in [7, 11) is 0. The largest absolute Gasteiger partial charge is 0.465 e. The highest BCUT2D eigenvalue weighted by atomic mass is 19.1. The van der Waals surface area contributed by atoms with Gasteiger partial charge in [-0.15, -0.1) is 0 Å². The Labute approximate surface area is 189 Å². The molecule has 2 heterocycles. The van der Waals surface area contributed by atoms with Crippen molar-refractivity contribution in [3.05, 3.63) is 90.4 Å². The number of hydrogen-bond acceptors (Lipinski definition) is 3. The molecule has 0 saturated carbocycles. The average Bonchev–Trinajstić information content (AvgIpc) is 3.34. The molecule has 33 heavy (non-hydrogen) atoms. The minimum Gasteiger partial charge on any atom is -0.465 e. The molecular formula is C25H21FN4O3. The van der Waals surface area contributed by atoms with Gasteiger partial charge in [-0.3, -0.25) is 4.79 Å². The van der Waals surface area contributed by atoms with Gasteiger partial charge in [0, 0.05) is 11.1 Å². The number of halogens is 1. The molecule has 5 rings (SSSR count). The Morgan fingerprint density at radius 3 is 2.42 bits per heavy atom. The van der Waals surface area contributed by atoms with Crippen LogP contribution in [0.1, 0.15) is 18.5 Å². The van der Waals surface area contributed by atoms with Crippen LogP contribution in [0, 0.1) is 11.7 Å². The van der Waals surface area contributed by atoms with Crippen molar-refractivity contribution in [1.82, 2.24) is 15.1 Å². The summed E-state index contributed by atoms with van der Waals surface area (Å²) in [5.74, 6) is -1.02. The van der Waals surface area contributed by atoms with E-state index in [0.717, 1.165) is 22.2 Å². The van der Waals surface area contributed by atoms with Gasteiger partial charge >= 0.3 is 6.09 Å². The van der Waals surface area contributed by atoms with Gasteiger partial charge in [0.2, 0.25) is 5.91 Å². The summed E-state index contributed by atoms with van der Waals surface area (Å²) in [4.78, 5) is 26.5. The molecule has 2 N–H and O–H groups in total. The van der Waals surface area contributed by atoms with Crippen LogP contribution in [0.3, 0.4) is 0 Å². The van der Waals surface area contributed by atoms with Crippen molar-refractivity contribution in [3.8, 4) is 5.69 Å². The molecule has 0 bridgehead atoms. The lowest BCUT2D eigenvalue weighted by Gasteiger charge is -2.29. The zero-order valence-corrected chi connectivity index (χ0v) is 17.7. The number of hydrogen-bond donors (Lipinski definition) is 2. The monoisotopic (exact) mass is 444 g/mol. The lowest BCUT2D eigenvalue weighted by molar-refractivity contribution is -0.120. The quantitative estimate of drug-likeness (QED) is 0.484. The molecule has 2 amide bonds. The molecule has 1 aromatic heterocycles. The van der Waals surface area contributed by atoms with Crippen LogP contribution in [0.25, 0.3) is 16.6 Å². The van der Waals surface area contributed by atoms with Crippen LogP contribution in [0.2, 0.25) is 0 Å². The Kier molecular flexibility index (Phi) is 5.05. The Morgan fingerprint density at radius 1 is 1.03 bits per heavy atom.